The van der Waals surface area contributed by atoms with E-state index >= 15 is 0 Å². The van der Waals surface area contributed by atoms with Gasteiger partial charge in [-0.2, -0.15) is 0 Å². The molecule has 6 nitrogen and oxygen atoms in total. The lowest BCUT2D eigenvalue weighted by atomic mass is 10.0. The highest BCUT2D eigenvalue weighted by Gasteiger charge is 2.25. The lowest BCUT2D eigenvalue weighted by molar-refractivity contribution is -0.383. The molecule has 1 aromatic rings. The van der Waals surface area contributed by atoms with Crippen molar-refractivity contribution >= 4 is 17.1 Å². The van der Waals surface area contributed by atoms with Crippen LogP contribution in [0.25, 0.3) is 0 Å². The van der Waals surface area contributed by atoms with Crippen molar-refractivity contribution in [2.45, 2.75) is 31.7 Å². The summed E-state index contributed by atoms with van der Waals surface area (Å²) in [5, 5.41) is 14.4. The maximum Gasteiger partial charge on any atom is 0.292 e. The van der Waals surface area contributed by atoms with Crippen LogP contribution in [0.3, 0.4) is 0 Å². The number of nitrogens with zero attached hydrogens (tertiary/aromatic N) is 2. The molecule has 0 atom stereocenters. The van der Waals surface area contributed by atoms with Gasteiger partial charge in [-0.1, -0.05) is 0 Å². The number of rotatable bonds is 5. The number of hydrogen-bond acceptors (Lipinski definition) is 5. The van der Waals surface area contributed by atoms with Crippen molar-refractivity contribution in [3.05, 3.63) is 28.3 Å². The number of nitro groups is 1. The number of hydrogen-bond donors (Lipinski definition) is 2. The summed E-state index contributed by atoms with van der Waals surface area (Å²) in [4.78, 5) is 12.6. The third kappa shape index (κ3) is 3.44. The Bertz CT molecular complexity index is 522. The molecule has 0 spiro atoms. The monoisotopic (exact) mass is 290 g/mol. The Hall–Kier alpha value is -1.82. The summed E-state index contributed by atoms with van der Waals surface area (Å²) in [5.41, 5.74) is 6.98. The molecule has 21 heavy (non-hydrogen) atoms. The Morgan fingerprint density at radius 1 is 1.29 bits per heavy atom. The molecule has 0 amide bonds. The quantitative estimate of drug-likeness (QED) is 0.493. The lowest BCUT2D eigenvalue weighted by Gasteiger charge is -2.34. The van der Waals surface area contributed by atoms with Crippen LogP contribution in [0.5, 0.6) is 0 Å². The molecule has 1 aliphatic carbocycles. The molecule has 3 rings (SSSR count). The maximum atomic E-state index is 10.8. The van der Waals surface area contributed by atoms with Crippen LogP contribution in [0.15, 0.2) is 18.2 Å². The zero-order chi connectivity index (χ0) is 14.8. The van der Waals surface area contributed by atoms with Gasteiger partial charge in [-0.15, -0.1) is 0 Å². The van der Waals surface area contributed by atoms with E-state index in [4.69, 9.17) is 5.73 Å². The van der Waals surface area contributed by atoms with E-state index in [-0.39, 0.29) is 11.4 Å². The molecule has 114 valence electrons. The van der Waals surface area contributed by atoms with Crippen LogP contribution in [0.2, 0.25) is 0 Å². The molecule has 0 bridgehead atoms. The molecule has 1 saturated carbocycles. The van der Waals surface area contributed by atoms with E-state index in [1.165, 1.54) is 18.9 Å². The van der Waals surface area contributed by atoms with Gasteiger partial charge in [0.1, 0.15) is 5.69 Å². The van der Waals surface area contributed by atoms with E-state index in [1.54, 1.807) is 12.1 Å². The van der Waals surface area contributed by atoms with Crippen molar-refractivity contribution in [2.24, 2.45) is 5.92 Å². The van der Waals surface area contributed by atoms with Gasteiger partial charge in [0.2, 0.25) is 0 Å². The predicted octanol–water partition coefficient (Wildman–Crippen LogP) is 2.15. The van der Waals surface area contributed by atoms with E-state index in [9.17, 15) is 10.1 Å². The molecule has 0 unspecified atom stereocenters. The first-order valence-corrected chi connectivity index (χ1v) is 7.65. The molecule has 2 aliphatic rings. The average molecular weight is 290 g/mol. The smallest absolute Gasteiger partial charge is 0.292 e. The fourth-order valence-corrected chi connectivity index (χ4v) is 2.90. The Morgan fingerprint density at radius 2 is 2.00 bits per heavy atom. The van der Waals surface area contributed by atoms with Gasteiger partial charge in [-0.3, -0.25) is 10.1 Å². The fraction of sp³-hybridized carbons (Fsp3) is 0.600. The first-order chi connectivity index (χ1) is 10.1. The fourth-order valence-electron chi connectivity index (χ4n) is 2.90. The predicted molar refractivity (Wildman–Crippen MR) is 83.5 cm³/mol. The molecule has 1 aromatic carbocycles. The number of nitrogen functional groups attached to an aromatic ring is 1. The molecule has 0 aromatic heterocycles. The first kappa shape index (κ1) is 14.1. The van der Waals surface area contributed by atoms with Crippen molar-refractivity contribution in [2.75, 3.05) is 30.3 Å². The maximum absolute atomic E-state index is 10.8. The highest BCUT2D eigenvalue weighted by molar-refractivity contribution is 5.66. The minimum absolute atomic E-state index is 0.0141. The second kappa shape index (κ2) is 5.89. The van der Waals surface area contributed by atoms with Crippen LogP contribution in [0.1, 0.15) is 25.7 Å². The van der Waals surface area contributed by atoms with Gasteiger partial charge in [0.05, 0.1) is 4.92 Å². The number of nitrogens with two attached hydrogens (primary N) is 1. The second-order valence-corrected chi connectivity index (χ2v) is 6.11. The Morgan fingerprint density at radius 3 is 2.57 bits per heavy atom. The van der Waals surface area contributed by atoms with E-state index in [0.717, 1.165) is 44.1 Å². The molecule has 2 fully saturated rings. The zero-order valence-corrected chi connectivity index (χ0v) is 12.1. The number of nitrogens with one attached hydrogen (secondary N) is 1. The summed E-state index contributed by atoms with van der Waals surface area (Å²) in [7, 11) is 0. The summed E-state index contributed by atoms with van der Waals surface area (Å²) in [6.07, 6.45) is 5.00. The molecule has 1 heterocycles. The van der Waals surface area contributed by atoms with Crippen LogP contribution < -0.4 is 16.0 Å². The summed E-state index contributed by atoms with van der Waals surface area (Å²) in [6, 6.07) is 5.63. The van der Waals surface area contributed by atoms with E-state index in [2.05, 4.69) is 10.2 Å². The van der Waals surface area contributed by atoms with E-state index in [0.29, 0.717) is 6.04 Å². The minimum Gasteiger partial charge on any atom is -0.393 e. The van der Waals surface area contributed by atoms with Crippen LogP contribution in [0, 0.1) is 16.0 Å². The third-order valence-electron chi connectivity index (χ3n) is 4.46. The lowest BCUT2D eigenvalue weighted by Crippen LogP contribution is -2.43. The number of anilines is 2. The molecule has 6 heteroatoms. The minimum atomic E-state index is -0.437. The summed E-state index contributed by atoms with van der Waals surface area (Å²) in [5.74, 6) is 0.914. The van der Waals surface area contributed by atoms with Crippen LogP contribution in [-0.2, 0) is 0 Å². The van der Waals surface area contributed by atoms with Crippen molar-refractivity contribution in [1.29, 1.82) is 0 Å². The SMILES string of the molecule is Nc1cc(N2CCC(NCC3CC3)CC2)ccc1[N+](=O)[O-]. The zero-order valence-electron chi connectivity index (χ0n) is 12.1. The van der Waals surface area contributed by atoms with Gasteiger partial charge in [-0.25, -0.2) is 0 Å². The largest absolute Gasteiger partial charge is 0.393 e. The van der Waals surface area contributed by atoms with Gasteiger partial charge in [0.15, 0.2) is 0 Å². The number of piperidine rings is 1. The second-order valence-electron chi connectivity index (χ2n) is 6.11. The van der Waals surface area contributed by atoms with Crippen molar-refractivity contribution in [3.8, 4) is 0 Å². The molecular weight excluding hydrogens is 268 g/mol. The first-order valence-electron chi connectivity index (χ1n) is 7.65. The third-order valence-corrected chi connectivity index (χ3v) is 4.46. The number of benzene rings is 1. The van der Waals surface area contributed by atoms with Crippen LogP contribution in [0.4, 0.5) is 17.1 Å². The molecular formula is C15H22N4O2. The van der Waals surface area contributed by atoms with Crippen LogP contribution in [-0.4, -0.2) is 30.6 Å². The normalized spacial score (nSPS) is 19.7. The Balaban J connectivity index is 1.55. The van der Waals surface area contributed by atoms with Gasteiger partial charge < -0.3 is 16.0 Å². The van der Waals surface area contributed by atoms with Crippen molar-refractivity contribution in [3.63, 3.8) is 0 Å². The van der Waals surface area contributed by atoms with Gasteiger partial charge in [-0.05, 0) is 50.3 Å². The highest BCUT2D eigenvalue weighted by Crippen LogP contribution is 2.30. The van der Waals surface area contributed by atoms with Crippen LogP contribution >= 0.6 is 0 Å². The van der Waals surface area contributed by atoms with E-state index in [1.807, 2.05) is 0 Å². The highest BCUT2D eigenvalue weighted by atomic mass is 16.6. The standard InChI is InChI=1S/C15H22N4O2/c16-14-9-13(3-4-15(14)19(20)21)18-7-5-12(6-8-18)17-10-11-1-2-11/h3-4,9,11-12,17H,1-2,5-8,10,16H2. The Labute approximate surface area is 124 Å². The van der Waals surface area contributed by atoms with Gasteiger partial charge in [0, 0.05) is 30.9 Å². The molecule has 1 saturated heterocycles. The molecule has 0 radical (unpaired) electrons. The summed E-state index contributed by atoms with van der Waals surface area (Å²) < 4.78 is 0. The molecule has 1 aliphatic heterocycles. The Kier molecular flexibility index (Phi) is 3.96. The summed E-state index contributed by atoms with van der Waals surface area (Å²) >= 11 is 0. The summed E-state index contributed by atoms with van der Waals surface area (Å²) in [6.45, 7) is 3.11. The van der Waals surface area contributed by atoms with Crippen molar-refractivity contribution < 1.29 is 4.92 Å². The van der Waals surface area contributed by atoms with Crippen molar-refractivity contribution in [1.82, 2.24) is 5.32 Å². The van der Waals surface area contributed by atoms with Gasteiger partial charge >= 0.3 is 0 Å². The average Bonchev–Trinajstić information content (AvgIpc) is 3.29. The topological polar surface area (TPSA) is 84.4 Å². The van der Waals surface area contributed by atoms with Gasteiger partial charge in [0.25, 0.3) is 5.69 Å². The van der Waals surface area contributed by atoms with E-state index < -0.39 is 4.92 Å². The number of nitro benzene ring substituents is 1. The molecule has 3 N–H and O–H groups in total.